The molecule has 114 valence electrons. The van der Waals surface area contributed by atoms with E-state index in [2.05, 4.69) is 35.0 Å². The summed E-state index contributed by atoms with van der Waals surface area (Å²) in [4.78, 5) is 26.1. The molecule has 2 bridgehead atoms. The molecule has 0 N–H and O–H groups in total. The lowest BCUT2D eigenvalue weighted by atomic mass is 9.63. The van der Waals surface area contributed by atoms with Gasteiger partial charge < -0.3 is 0 Å². The van der Waals surface area contributed by atoms with Gasteiger partial charge in [0.05, 0.1) is 0 Å². The average molecular weight is 359 g/mol. The Labute approximate surface area is 139 Å². The van der Waals surface area contributed by atoms with Crippen LogP contribution in [-0.2, 0) is 16.0 Å². The molecule has 5 atom stereocenters. The molecule has 0 heterocycles. The summed E-state index contributed by atoms with van der Waals surface area (Å²) in [5, 5.41) is 0. The second-order valence-electron chi connectivity index (χ2n) is 6.78. The minimum Gasteiger partial charge on any atom is -0.298 e. The monoisotopic (exact) mass is 358 g/mol. The van der Waals surface area contributed by atoms with Gasteiger partial charge in [-0.2, -0.15) is 0 Å². The molecular formula is C19H19BrO2. The number of halogens is 1. The van der Waals surface area contributed by atoms with Gasteiger partial charge in [0.15, 0.2) is 11.6 Å². The number of allylic oxidation sites excluding steroid dienone is 2. The van der Waals surface area contributed by atoms with E-state index in [0.29, 0.717) is 0 Å². The summed E-state index contributed by atoms with van der Waals surface area (Å²) in [5.74, 6) is 0.242. The van der Waals surface area contributed by atoms with Crippen LogP contribution in [0.3, 0.4) is 0 Å². The fourth-order valence-electron chi connectivity index (χ4n) is 4.76. The Hall–Kier alpha value is -1.22. The van der Waals surface area contributed by atoms with Gasteiger partial charge in [-0.05, 0) is 54.4 Å². The number of Topliss-reactive ketones (excluding diaryl/α,β-unsaturated/α-hetero) is 2. The lowest BCUT2D eigenvalue weighted by molar-refractivity contribution is -0.125. The molecule has 0 spiro atoms. The first-order valence-corrected chi connectivity index (χ1v) is 8.95. The number of benzene rings is 1. The molecule has 2 fully saturated rings. The first-order chi connectivity index (χ1) is 10.6. The number of ketones is 2. The van der Waals surface area contributed by atoms with Gasteiger partial charge >= 0.3 is 0 Å². The lowest BCUT2D eigenvalue weighted by Gasteiger charge is -2.39. The van der Waals surface area contributed by atoms with Crippen molar-refractivity contribution >= 4 is 27.5 Å². The van der Waals surface area contributed by atoms with Crippen molar-refractivity contribution in [3.8, 4) is 0 Å². The Morgan fingerprint density at radius 2 is 1.64 bits per heavy atom. The van der Waals surface area contributed by atoms with Crippen molar-refractivity contribution in [1.29, 1.82) is 0 Å². The number of hydrogen-bond acceptors (Lipinski definition) is 2. The second-order valence-corrected chi connectivity index (χ2v) is 7.69. The third kappa shape index (κ3) is 1.91. The molecule has 1 aromatic rings. The van der Waals surface area contributed by atoms with Gasteiger partial charge in [-0.15, -0.1) is 0 Å². The van der Waals surface area contributed by atoms with E-state index < -0.39 is 5.92 Å². The van der Waals surface area contributed by atoms with Gasteiger partial charge in [0.1, 0.15) is 5.92 Å². The highest BCUT2D eigenvalue weighted by Gasteiger charge is 2.57. The van der Waals surface area contributed by atoms with Crippen LogP contribution in [0.2, 0.25) is 0 Å². The van der Waals surface area contributed by atoms with Crippen LogP contribution < -0.4 is 0 Å². The maximum atomic E-state index is 13.0. The Balaban J connectivity index is 1.80. The predicted molar refractivity (Wildman–Crippen MR) is 88.6 cm³/mol. The summed E-state index contributed by atoms with van der Waals surface area (Å²) in [6.07, 6.45) is 7.34. The SMILES string of the molecule is CCc1ccc(Br)cc1C1C(=O)[C@@H]2[C@H](C1=O)[C@@H]1C=C[C@H]2CC1. The van der Waals surface area contributed by atoms with Crippen molar-refractivity contribution in [2.45, 2.75) is 32.1 Å². The van der Waals surface area contributed by atoms with Gasteiger partial charge in [-0.3, -0.25) is 9.59 Å². The maximum Gasteiger partial charge on any atom is 0.152 e. The van der Waals surface area contributed by atoms with E-state index in [1.54, 1.807) is 0 Å². The summed E-state index contributed by atoms with van der Waals surface area (Å²) in [6.45, 7) is 2.08. The van der Waals surface area contributed by atoms with E-state index in [0.717, 1.165) is 34.9 Å². The van der Waals surface area contributed by atoms with Crippen LogP contribution in [-0.4, -0.2) is 11.6 Å². The minimum atomic E-state index is -0.537. The number of rotatable bonds is 2. The largest absolute Gasteiger partial charge is 0.298 e. The summed E-state index contributed by atoms with van der Waals surface area (Å²) < 4.78 is 0.941. The molecule has 2 saturated carbocycles. The van der Waals surface area contributed by atoms with Crippen LogP contribution >= 0.6 is 15.9 Å². The first kappa shape index (κ1) is 14.4. The van der Waals surface area contributed by atoms with Crippen LogP contribution in [0.4, 0.5) is 0 Å². The third-order valence-corrected chi connectivity index (χ3v) is 6.27. The average Bonchev–Trinajstić information content (AvgIpc) is 2.82. The van der Waals surface area contributed by atoms with Crippen molar-refractivity contribution in [3.63, 3.8) is 0 Å². The molecule has 22 heavy (non-hydrogen) atoms. The zero-order valence-corrected chi connectivity index (χ0v) is 14.2. The second kappa shape index (κ2) is 5.16. The Kier molecular flexibility index (Phi) is 3.37. The van der Waals surface area contributed by atoms with Gasteiger partial charge in [0, 0.05) is 16.3 Å². The lowest BCUT2D eigenvalue weighted by Crippen LogP contribution is -2.38. The van der Waals surface area contributed by atoms with Crippen LogP contribution in [0.5, 0.6) is 0 Å². The molecule has 0 saturated heterocycles. The highest BCUT2D eigenvalue weighted by Crippen LogP contribution is 2.53. The summed E-state index contributed by atoms with van der Waals surface area (Å²) in [6, 6.07) is 6.01. The Morgan fingerprint density at radius 1 is 1.05 bits per heavy atom. The summed E-state index contributed by atoms with van der Waals surface area (Å²) in [7, 11) is 0. The highest BCUT2D eigenvalue weighted by molar-refractivity contribution is 9.10. The molecule has 4 aliphatic carbocycles. The van der Waals surface area contributed by atoms with E-state index in [-0.39, 0.29) is 35.2 Å². The molecule has 5 rings (SSSR count). The Bertz CT molecular complexity index is 659. The summed E-state index contributed by atoms with van der Waals surface area (Å²) in [5.41, 5.74) is 2.05. The molecule has 1 unspecified atom stereocenters. The van der Waals surface area contributed by atoms with Gasteiger partial charge in [0.25, 0.3) is 0 Å². The molecule has 1 aromatic carbocycles. The number of fused-ring (bicyclic) bond motifs is 1. The van der Waals surface area contributed by atoms with E-state index in [4.69, 9.17) is 0 Å². The fraction of sp³-hybridized carbons (Fsp3) is 0.474. The first-order valence-electron chi connectivity index (χ1n) is 8.16. The van der Waals surface area contributed by atoms with Crippen LogP contribution in [0.15, 0.2) is 34.8 Å². The Morgan fingerprint density at radius 3 is 2.14 bits per heavy atom. The topological polar surface area (TPSA) is 34.1 Å². The van der Waals surface area contributed by atoms with Crippen LogP contribution in [0.1, 0.15) is 36.8 Å². The number of carbonyl (C=O) groups excluding carboxylic acids is 2. The number of carbonyl (C=O) groups is 2. The molecule has 2 nitrogen and oxygen atoms in total. The quantitative estimate of drug-likeness (QED) is 0.589. The van der Waals surface area contributed by atoms with Crippen LogP contribution in [0, 0.1) is 23.7 Å². The smallest absolute Gasteiger partial charge is 0.152 e. The molecule has 0 aliphatic heterocycles. The number of hydrogen-bond donors (Lipinski definition) is 0. The van der Waals surface area contributed by atoms with E-state index in [1.807, 2.05) is 18.2 Å². The van der Waals surface area contributed by atoms with Crippen molar-refractivity contribution in [2.24, 2.45) is 23.7 Å². The van der Waals surface area contributed by atoms with Crippen LogP contribution in [0.25, 0.3) is 0 Å². The van der Waals surface area contributed by atoms with Crippen molar-refractivity contribution in [2.75, 3.05) is 0 Å². The molecule has 3 heteroatoms. The van der Waals surface area contributed by atoms with E-state index >= 15 is 0 Å². The van der Waals surface area contributed by atoms with Gasteiger partial charge in [-0.1, -0.05) is 41.1 Å². The fourth-order valence-corrected chi connectivity index (χ4v) is 5.14. The normalized spacial score (nSPS) is 36.0. The highest BCUT2D eigenvalue weighted by atomic mass is 79.9. The predicted octanol–water partition coefficient (Wildman–Crippen LogP) is 4.08. The standard InChI is InChI=1S/C19H19BrO2/c1-2-10-7-8-13(20)9-14(10)17-18(21)15-11-3-4-12(6-5-11)16(15)19(17)22/h3-4,7-9,11-12,15-17H,2,5-6H2,1H3/t11-,12+,15-,16+,17?. The zero-order valence-electron chi connectivity index (χ0n) is 12.6. The number of aryl methyl sites for hydroxylation is 1. The van der Waals surface area contributed by atoms with Crippen molar-refractivity contribution in [1.82, 2.24) is 0 Å². The molecular weight excluding hydrogens is 340 g/mol. The summed E-state index contributed by atoms with van der Waals surface area (Å²) >= 11 is 3.49. The van der Waals surface area contributed by atoms with Crippen molar-refractivity contribution in [3.05, 3.63) is 46.0 Å². The van der Waals surface area contributed by atoms with Gasteiger partial charge in [0.2, 0.25) is 0 Å². The zero-order chi connectivity index (χ0) is 15.4. The van der Waals surface area contributed by atoms with E-state index in [1.165, 1.54) is 0 Å². The molecule has 4 aliphatic rings. The van der Waals surface area contributed by atoms with Gasteiger partial charge in [-0.25, -0.2) is 0 Å². The molecule has 0 amide bonds. The molecule has 0 aromatic heterocycles. The molecule has 0 radical (unpaired) electrons. The maximum absolute atomic E-state index is 13.0. The minimum absolute atomic E-state index is 0.0649. The van der Waals surface area contributed by atoms with E-state index in [9.17, 15) is 9.59 Å². The third-order valence-electron chi connectivity index (χ3n) is 5.77. The van der Waals surface area contributed by atoms with Crippen molar-refractivity contribution < 1.29 is 9.59 Å².